The number of aromatic carboxylic acids is 1. The molecule has 0 bridgehead atoms. The molecule has 4 heteroatoms. The molecule has 3 N–H and O–H groups in total. The maximum absolute atomic E-state index is 10.5. The largest absolute Gasteiger partial charge is 0.478 e. The summed E-state index contributed by atoms with van der Waals surface area (Å²) < 4.78 is 0. The summed E-state index contributed by atoms with van der Waals surface area (Å²) in [7, 11) is 0. The number of carboxylic acids is 1. The lowest BCUT2D eigenvalue weighted by Crippen LogP contribution is -2.04. The topological polar surface area (TPSA) is 76.2 Å². The molecule has 0 atom stereocenters. The van der Waals surface area contributed by atoms with Gasteiger partial charge in [-0.15, -0.1) is 0 Å². The van der Waals surface area contributed by atoms with Crippen LogP contribution in [0.2, 0.25) is 0 Å². The van der Waals surface area contributed by atoms with Gasteiger partial charge in [0, 0.05) is 0 Å². The van der Waals surface area contributed by atoms with Gasteiger partial charge in [0.1, 0.15) is 11.4 Å². The lowest BCUT2D eigenvalue weighted by atomic mass is 10.2. The third kappa shape index (κ3) is 1.42. The molecule has 0 aliphatic rings. The Morgan fingerprint density at radius 2 is 2.33 bits per heavy atom. The number of aromatic nitrogens is 1. The van der Waals surface area contributed by atoms with Crippen LogP contribution < -0.4 is 5.73 Å². The standard InChI is InChI=1S/C8H8N2O2/c1-2-5-3-4-6(8(11)12)7(9)10-5/h2-4H,1H2,(H2,9,10)(H,11,12). The van der Waals surface area contributed by atoms with Crippen molar-refractivity contribution >= 4 is 17.9 Å². The number of pyridine rings is 1. The lowest BCUT2D eigenvalue weighted by Gasteiger charge is -1.99. The van der Waals surface area contributed by atoms with Gasteiger partial charge in [-0.2, -0.15) is 0 Å². The molecule has 0 aromatic carbocycles. The Kier molecular flexibility index (Phi) is 2.09. The second-order valence-corrected chi connectivity index (χ2v) is 2.18. The monoisotopic (exact) mass is 164 g/mol. The Labute approximate surface area is 69.4 Å². The molecular formula is C8H8N2O2. The number of carboxylic acid groups (broad SMARTS) is 1. The van der Waals surface area contributed by atoms with Crippen molar-refractivity contribution in [2.75, 3.05) is 5.73 Å². The van der Waals surface area contributed by atoms with Crippen molar-refractivity contribution in [2.24, 2.45) is 0 Å². The van der Waals surface area contributed by atoms with Crippen LogP contribution in [0.25, 0.3) is 6.08 Å². The second kappa shape index (κ2) is 3.04. The molecule has 0 unspecified atom stereocenters. The van der Waals surface area contributed by atoms with Crippen molar-refractivity contribution < 1.29 is 9.90 Å². The molecule has 1 aromatic rings. The molecule has 12 heavy (non-hydrogen) atoms. The van der Waals surface area contributed by atoms with E-state index in [-0.39, 0.29) is 11.4 Å². The van der Waals surface area contributed by atoms with Crippen molar-refractivity contribution in [1.82, 2.24) is 4.98 Å². The summed E-state index contributed by atoms with van der Waals surface area (Å²) >= 11 is 0. The van der Waals surface area contributed by atoms with Crippen LogP contribution in [0.4, 0.5) is 5.82 Å². The molecule has 0 spiro atoms. The van der Waals surface area contributed by atoms with E-state index in [0.717, 1.165) is 0 Å². The third-order valence-corrected chi connectivity index (χ3v) is 1.39. The molecule has 1 aromatic heterocycles. The van der Waals surface area contributed by atoms with Crippen LogP contribution >= 0.6 is 0 Å². The van der Waals surface area contributed by atoms with E-state index in [4.69, 9.17) is 10.8 Å². The molecular weight excluding hydrogens is 156 g/mol. The van der Waals surface area contributed by atoms with E-state index in [2.05, 4.69) is 11.6 Å². The highest BCUT2D eigenvalue weighted by molar-refractivity contribution is 5.92. The van der Waals surface area contributed by atoms with Gasteiger partial charge in [-0.1, -0.05) is 6.58 Å². The van der Waals surface area contributed by atoms with E-state index in [0.29, 0.717) is 5.69 Å². The normalized spacial score (nSPS) is 9.33. The molecule has 0 amide bonds. The Bertz CT molecular complexity index is 334. The first-order valence-electron chi connectivity index (χ1n) is 3.27. The minimum absolute atomic E-state index is 0.0138. The number of hydrogen-bond acceptors (Lipinski definition) is 3. The number of nitrogens with two attached hydrogens (primary N) is 1. The van der Waals surface area contributed by atoms with E-state index in [1.165, 1.54) is 12.1 Å². The fourth-order valence-corrected chi connectivity index (χ4v) is 0.785. The minimum atomic E-state index is -1.07. The molecule has 0 aliphatic carbocycles. The zero-order valence-corrected chi connectivity index (χ0v) is 6.32. The molecule has 62 valence electrons. The van der Waals surface area contributed by atoms with Crippen LogP contribution in [0, 0.1) is 0 Å². The smallest absolute Gasteiger partial charge is 0.339 e. The number of nitrogen functional groups attached to an aromatic ring is 1. The zero-order chi connectivity index (χ0) is 9.14. The van der Waals surface area contributed by atoms with Gasteiger partial charge in [0.15, 0.2) is 0 Å². The fraction of sp³-hybridized carbons (Fsp3) is 0. The summed E-state index contributed by atoms with van der Waals surface area (Å²) in [6.45, 7) is 3.48. The van der Waals surface area contributed by atoms with Crippen molar-refractivity contribution in [3.63, 3.8) is 0 Å². The Hall–Kier alpha value is -1.84. The van der Waals surface area contributed by atoms with E-state index >= 15 is 0 Å². The molecule has 0 radical (unpaired) electrons. The van der Waals surface area contributed by atoms with Crippen LogP contribution in [0.5, 0.6) is 0 Å². The molecule has 1 rings (SSSR count). The van der Waals surface area contributed by atoms with E-state index in [1.807, 2.05) is 0 Å². The van der Waals surface area contributed by atoms with E-state index < -0.39 is 5.97 Å². The first-order valence-corrected chi connectivity index (χ1v) is 3.27. The zero-order valence-electron chi connectivity index (χ0n) is 6.32. The summed E-state index contributed by atoms with van der Waals surface area (Å²) in [5.74, 6) is -1.06. The average Bonchev–Trinajstić information content (AvgIpc) is 2.03. The first kappa shape index (κ1) is 8.26. The molecule has 0 fully saturated rings. The Morgan fingerprint density at radius 1 is 1.67 bits per heavy atom. The van der Waals surface area contributed by atoms with Gasteiger partial charge in [-0.25, -0.2) is 9.78 Å². The van der Waals surface area contributed by atoms with Crippen molar-refractivity contribution in [1.29, 1.82) is 0 Å². The van der Waals surface area contributed by atoms with Crippen LogP contribution in [0.1, 0.15) is 16.1 Å². The third-order valence-electron chi connectivity index (χ3n) is 1.39. The molecule has 0 saturated carbocycles. The Balaban J connectivity index is 3.20. The number of nitrogens with zero attached hydrogens (tertiary/aromatic N) is 1. The first-order chi connectivity index (χ1) is 5.65. The SMILES string of the molecule is C=Cc1ccc(C(=O)O)c(N)n1. The highest BCUT2D eigenvalue weighted by Crippen LogP contribution is 2.09. The lowest BCUT2D eigenvalue weighted by molar-refractivity contribution is 0.0697. The fourth-order valence-electron chi connectivity index (χ4n) is 0.785. The van der Waals surface area contributed by atoms with Crippen LogP contribution in [-0.4, -0.2) is 16.1 Å². The number of carbonyl (C=O) groups is 1. The maximum atomic E-state index is 10.5. The highest BCUT2D eigenvalue weighted by atomic mass is 16.4. The van der Waals surface area contributed by atoms with Gasteiger partial charge in [0.25, 0.3) is 0 Å². The molecule has 4 nitrogen and oxygen atoms in total. The van der Waals surface area contributed by atoms with Crippen LogP contribution in [0.3, 0.4) is 0 Å². The predicted molar refractivity (Wildman–Crippen MR) is 45.7 cm³/mol. The molecule has 1 heterocycles. The van der Waals surface area contributed by atoms with Gasteiger partial charge in [0.05, 0.1) is 5.69 Å². The highest BCUT2D eigenvalue weighted by Gasteiger charge is 2.07. The predicted octanol–water partition coefficient (Wildman–Crippen LogP) is 1.00. The van der Waals surface area contributed by atoms with Crippen LogP contribution in [-0.2, 0) is 0 Å². The summed E-state index contributed by atoms with van der Waals surface area (Å²) in [6, 6.07) is 2.95. The number of hydrogen-bond donors (Lipinski definition) is 2. The Morgan fingerprint density at radius 3 is 2.75 bits per heavy atom. The second-order valence-electron chi connectivity index (χ2n) is 2.18. The summed E-state index contributed by atoms with van der Waals surface area (Å²) in [4.78, 5) is 14.3. The van der Waals surface area contributed by atoms with E-state index in [9.17, 15) is 4.79 Å². The quantitative estimate of drug-likeness (QED) is 0.683. The van der Waals surface area contributed by atoms with E-state index in [1.54, 1.807) is 6.07 Å². The summed E-state index contributed by atoms with van der Waals surface area (Å²) in [5, 5.41) is 8.58. The molecule has 0 saturated heterocycles. The average molecular weight is 164 g/mol. The van der Waals surface area contributed by atoms with Crippen molar-refractivity contribution in [3.8, 4) is 0 Å². The maximum Gasteiger partial charge on any atom is 0.339 e. The number of anilines is 1. The summed E-state index contributed by atoms with van der Waals surface area (Å²) in [5.41, 5.74) is 5.94. The molecule has 0 aliphatic heterocycles. The van der Waals surface area contributed by atoms with Crippen molar-refractivity contribution in [3.05, 3.63) is 30.0 Å². The number of rotatable bonds is 2. The van der Waals surface area contributed by atoms with Crippen LogP contribution in [0.15, 0.2) is 18.7 Å². The van der Waals surface area contributed by atoms with Gasteiger partial charge >= 0.3 is 5.97 Å². The van der Waals surface area contributed by atoms with Crippen molar-refractivity contribution in [2.45, 2.75) is 0 Å². The van der Waals surface area contributed by atoms with Gasteiger partial charge in [-0.05, 0) is 18.2 Å². The minimum Gasteiger partial charge on any atom is -0.478 e. The van der Waals surface area contributed by atoms with Gasteiger partial charge in [0.2, 0.25) is 0 Å². The van der Waals surface area contributed by atoms with Gasteiger partial charge < -0.3 is 10.8 Å². The van der Waals surface area contributed by atoms with Gasteiger partial charge in [-0.3, -0.25) is 0 Å². The summed E-state index contributed by atoms with van der Waals surface area (Å²) in [6.07, 6.45) is 1.50.